The second-order valence-corrected chi connectivity index (χ2v) is 21.3. The van der Waals surface area contributed by atoms with Crippen LogP contribution in [0.2, 0.25) is 0 Å². The summed E-state index contributed by atoms with van der Waals surface area (Å²) in [6, 6.07) is 15.4. The predicted octanol–water partition coefficient (Wildman–Crippen LogP) is 7.19. The molecular weight excluding hydrogens is 811 g/mol. The number of benzene rings is 2. The lowest BCUT2D eigenvalue weighted by Crippen LogP contribution is -2.58. The Hall–Kier alpha value is -5.44. The van der Waals surface area contributed by atoms with Crippen LogP contribution in [0.25, 0.3) is 33.3 Å². The van der Waals surface area contributed by atoms with Gasteiger partial charge in [-0.3, -0.25) is 19.1 Å². The molecule has 2 aromatic carbocycles. The van der Waals surface area contributed by atoms with E-state index < -0.39 is 74.3 Å². The number of carbonyl (C=O) groups excluding carboxylic acids is 4. The second-order valence-electron chi connectivity index (χ2n) is 19.3. The summed E-state index contributed by atoms with van der Waals surface area (Å²) in [4.78, 5) is 63.0. The third-order valence-electron chi connectivity index (χ3n) is 12.2. The first kappa shape index (κ1) is 43.2. The van der Waals surface area contributed by atoms with Gasteiger partial charge in [0.15, 0.2) is 11.3 Å². The van der Waals surface area contributed by atoms with Gasteiger partial charge in [-0.2, -0.15) is 0 Å². The molecule has 5 atom stereocenters. The summed E-state index contributed by atoms with van der Waals surface area (Å²) >= 11 is 0. The Morgan fingerprint density at radius 1 is 0.968 bits per heavy atom. The largest absolute Gasteiger partial charge is 0.484 e. The Balaban J connectivity index is 1.15. The SMILES string of the molecule is CC(C)(C)OC(=O)N[C@H]1CCCCC/C=C\[C@H]2C[C@@]2(C(=O)NS(=O)(=O)C2CC2)NC(=O)[C@@H]2C[C@@H](Oc3cc(-c4ccc(C(C)(C)C)cc4)nc4c3oc3ccccc34)CN2C1=O. The van der Waals surface area contributed by atoms with Crippen LogP contribution in [0.4, 0.5) is 4.79 Å². The number of hydrogen-bond donors (Lipinski definition) is 3. The van der Waals surface area contributed by atoms with Gasteiger partial charge in [-0.15, -0.1) is 0 Å². The quantitative estimate of drug-likeness (QED) is 0.161. The minimum absolute atomic E-state index is 0.0228. The molecule has 2 aliphatic carbocycles. The molecule has 4 amide bonds. The van der Waals surface area contributed by atoms with E-state index in [1.54, 1.807) is 20.8 Å². The molecule has 0 spiro atoms. The van der Waals surface area contributed by atoms with Crippen LogP contribution in [0.1, 0.15) is 105 Å². The Labute approximate surface area is 362 Å². The van der Waals surface area contributed by atoms with Gasteiger partial charge in [-0.1, -0.05) is 82.2 Å². The van der Waals surface area contributed by atoms with E-state index in [0.29, 0.717) is 60.2 Å². The monoisotopic (exact) mass is 867 g/mol. The van der Waals surface area contributed by atoms with Gasteiger partial charge in [0.05, 0.1) is 17.5 Å². The van der Waals surface area contributed by atoms with Crippen molar-refractivity contribution < 1.29 is 41.5 Å². The molecule has 0 radical (unpaired) electrons. The van der Waals surface area contributed by atoms with E-state index in [1.807, 2.05) is 54.6 Å². The number of ether oxygens (including phenoxy) is 2. The lowest BCUT2D eigenvalue weighted by Gasteiger charge is -2.30. The Morgan fingerprint density at radius 3 is 2.42 bits per heavy atom. The predicted molar refractivity (Wildman–Crippen MR) is 235 cm³/mol. The van der Waals surface area contributed by atoms with Gasteiger partial charge in [0, 0.05) is 29.4 Å². The minimum atomic E-state index is -3.92. The highest BCUT2D eigenvalue weighted by molar-refractivity contribution is 7.91. The molecule has 2 saturated carbocycles. The van der Waals surface area contributed by atoms with Crippen LogP contribution in [0.5, 0.6) is 5.75 Å². The van der Waals surface area contributed by atoms with Gasteiger partial charge in [0.25, 0.3) is 5.91 Å². The molecule has 330 valence electrons. The maximum absolute atomic E-state index is 14.8. The van der Waals surface area contributed by atoms with Gasteiger partial charge >= 0.3 is 6.09 Å². The zero-order valence-corrected chi connectivity index (χ0v) is 37.1. The van der Waals surface area contributed by atoms with Crippen molar-refractivity contribution in [2.24, 2.45) is 5.92 Å². The highest BCUT2D eigenvalue weighted by atomic mass is 32.2. The fourth-order valence-electron chi connectivity index (χ4n) is 8.51. The Kier molecular flexibility index (Phi) is 11.4. The molecule has 3 fully saturated rings. The van der Waals surface area contributed by atoms with E-state index >= 15 is 0 Å². The summed E-state index contributed by atoms with van der Waals surface area (Å²) in [5, 5.41) is 5.85. The average Bonchev–Trinajstić information content (AvgIpc) is 4.10. The topological polar surface area (TPSA) is 186 Å². The number of carbonyl (C=O) groups is 4. The van der Waals surface area contributed by atoms with Crippen LogP contribution < -0.4 is 20.1 Å². The van der Waals surface area contributed by atoms with Crippen molar-refractivity contribution in [1.29, 1.82) is 0 Å². The number of hydrogen-bond acceptors (Lipinski definition) is 10. The van der Waals surface area contributed by atoms with E-state index in [9.17, 15) is 27.6 Å². The van der Waals surface area contributed by atoms with Gasteiger partial charge in [0.2, 0.25) is 21.8 Å². The number of alkyl carbamates (subject to hydrolysis) is 1. The van der Waals surface area contributed by atoms with Crippen molar-refractivity contribution in [3.05, 3.63) is 72.3 Å². The van der Waals surface area contributed by atoms with Crippen molar-refractivity contribution in [3.63, 3.8) is 0 Å². The minimum Gasteiger partial charge on any atom is -0.484 e. The van der Waals surface area contributed by atoms with Crippen LogP contribution in [0, 0.1) is 5.92 Å². The van der Waals surface area contributed by atoms with E-state index in [-0.39, 0.29) is 24.8 Å². The highest BCUT2D eigenvalue weighted by Gasteiger charge is 2.62. The van der Waals surface area contributed by atoms with E-state index in [2.05, 4.69) is 48.3 Å². The van der Waals surface area contributed by atoms with E-state index in [4.69, 9.17) is 18.9 Å². The molecule has 4 aliphatic rings. The van der Waals surface area contributed by atoms with Crippen LogP contribution in [-0.2, 0) is 34.6 Å². The fourth-order valence-corrected chi connectivity index (χ4v) is 9.87. The second kappa shape index (κ2) is 16.4. The van der Waals surface area contributed by atoms with Gasteiger partial charge in [0.1, 0.15) is 40.4 Å². The zero-order valence-electron chi connectivity index (χ0n) is 36.3. The molecule has 4 aromatic rings. The fraction of sp³-hybridized carbons (Fsp3) is 0.511. The summed E-state index contributed by atoms with van der Waals surface area (Å²) in [6.45, 7) is 11.6. The molecule has 2 aliphatic heterocycles. The van der Waals surface area contributed by atoms with Crippen molar-refractivity contribution in [2.45, 2.75) is 139 Å². The smallest absolute Gasteiger partial charge is 0.408 e. The number of aromatic nitrogens is 1. The maximum Gasteiger partial charge on any atom is 0.408 e. The van der Waals surface area contributed by atoms with Crippen molar-refractivity contribution in [3.8, 4) is 17.0 Å². The molecule has 62 heavy (non-hydrogen) atoms. The van der Waals surface area contributed by atoms with Gasteiger partial charge in [-0.05, 0) is 82.4 Å². The van der Waals surface area contributed by atoms with E-state index in [1.165, 1.54) is 10.5 Å². The number of amides is 4. The zero-order chi connectivity index (χ0) is 44.2. The van der Waals surface area contributed by atoms with Crippen LogP contribution in [-0.4, -0.2) is 83.2 Å². The number of allylic oxidation sites excluding steroid dienone is 1. The van der Waals surface area contributed by atoms with Crippen molar-refractivity contribution >= 4 is 55.9 Å². The van der Waals surface area contributed by atoms with Gasteiger partial charge in [-0.25, -0.2) is 18.2 Å². The first-order valence-electron chi connectivity index (χ1n) is 21.8. The first-order valence-corrected chi connectivity index (χ1v) is 23.3. The van der Waals surface area contributed by atoms with Crippen LogP contribution >= 0.6 is 0 Å². The summed E-state index contributed by atoms with van der Waals surface area (Å²) in [6.07, 6.45) is 6.60. The van der Waals surface area contributed by atoms with Crippen LogP contribution in [0.15, 0.2) is 71.2 Å². The summed E-state index contributed by atoms with van der Waals surface area (Å²) in [5.41, 5.74) is 1.89. The molecule has 0 bridgehead atoms. The number of furan rings is 1. The normalized spacial score (nSPS) is 25.5. The van der Waals surface area contributed by atoms with Crippen molar-refractivity contribution in [1.82, 2.24) is 25.2 Å². The molecule has 1 saturated heterocycles. The number of fused-ring (bicyclic) bond motifs is 5. The number of rotatable bonds is 7. The summed E-state index contributed by atoms with van der Waals surface area (Å²) in [5.74, 6) is -2.00. The number of sulfonamides is 1. The summed E-state index contributed by atoms with van der Waals surface area (Å²) < 4.78 is 46.9. The molecule has 3 N–H and O–H groups in total. The van der Waals surface area contributed by atoms with E-state index in [0.717, 1.165) is 23.8 Å². The highest BCUT2D eigenvalue weighted by Crippen LogP contribution is 2.46. The lowest BCUT2D eigenvalue weighted by molar-refractivity contribution is -0.141. The third-order valence-corrected chi connectivity index (χ3v) is 14.0. The molecular formula is C47H57N5O9S. The Bertz CT molecular complexity index is 2530. The summed E-state index contributed by atoms with van der Waals surface area (Å²) in [7, 11) is -3.92. The number of nitrogens with one attached hydrogen (secondary N) is 3. The molecule has 14 nitrogen and oxygen atoms in total. The molecule has 2 aromatic heterocycles. The molecule has 4 heterocycles. The van der Waals surface area contributed by atoms with Crippen LogP contribution in [0.3, 0.4) is 0 Å². The molecule has 0 unspecified atom stereocenters. The Morgan fingerprint density at radius 2 is 1.71 bits per heavy atom. The number of nitrogens with zero attached hydrogens (tertiary/aromatic N) is 2. The van der Waals surface area contributed by atoms with Gasteiger partial charge < -0.3 is 29.4 Å². The molecule has 8 rings (SSSR count). The third kappa shape index (κ3) is 9.18. The average molecular weight is 868 g/mol. The first-order chi connectivity index (χ1) is 29.3. The lowest BCUT2D eigenvalue weighted by atomic mass is 9.86. The standard InChI is InChI=1S/C47H57N5O9S/c1-45(2,3)29-20-18-28(19-21-29)35-25-38(40-39(48-35)33-15-12-13-17-37(33)60-40)59-31-24-36-41(53)50-47(43(55)51-62(57,58)32-22-23-32)26-30(47)14-10-8-7-9-11-16-34(42(54)52(36)27-31)49-44(56)61-46(4,5)6/h10,12-15,17-21,25,30-32,34,36H,7-9,11,16,22-24,26-27H2,1-6H3,(H,49,56)(H,50,53)(H,51,55)/b14-10-/t30-,31+,34-,36-,47+/m0/s1. The maximum atomic E-state index is 14.8. The number of pyridine rings is 1. The number of para-hydroxylation sites is 1. The van der Waals surface area contributed by atoms with Crippen molar-refractivity contribution in [2.75, 3.05) is 6.54 Å². The molecule has 15 heteroatoms.